The van der Waals surface area contributed by atoms with Gasteiger partial charge in [0.2, 0.25) is 0 Å². The first-order valence-corrected chi connectivity index (χ1v) is 22.7. The second-order valence-electron chi connectivity index (χ2n) is 21.8. The van der Waals surface area contributed by atoms with E-state index < -0.39 is 0 Å². The number of furan rings is 1. The first-order chi connectivity index (χ1) is 29.5. The van der Waals surface area contributed by atoms with Gasteiger partial charge >= 0.3 is 0 Å². The van der Waals surface area contributed by atoms with Gasteiger partial charge in [-0.1, -0.05) is 147 Å². The highest BCUT2D eigenvalue weighted by Gasteiger charge is 2.39. The third kappa shape index (κ3) is 6.00. The van der Waals surface area contributed by atoms with Crippen molar-refractivity contribution in [1.29, 1.82) is 0 Å². The van der Waals surface area contributed by atoms with Crippen LogP contribution in [0.3, 0.4) is 0 Å². The predicted octanol–water partition coefficient (Wildman–Crippen LogP) is 14.4. The molecule has 1 aliphatic heterocycles. The minimum absolute atomic E-state index is 0.0547. The maximum absolute atomic E-state index is 6.59. The van der Waals surface area contributed by atoms with E-state index in [1.165, 1.54) is 101 Å². The van der Waals surface area contributed by atoms with Gasteiger partial charge in [-0.2, -0.15) is 0 Å². The Balaban J connectivity index is 1.26. The molecule has 1 N–H and O–H groups in total. The molecule has 0 saturated heterocycles. The third-order valence-corrected chi connectivity index (χ3v) is 14.6. The number of anilines is 2. The molecule has 0 fully saturated rings. The van der Waals surface area contributed by atoms with Gasteiger partial charge in [-0.15, -0.1) is 0 Å². The molecule has 9 aromatic rings. The summed E-state index contributed by atoms with van der Waals surface area (Å²) >= 11 is 0. The number of fused-ring (bicyclic) bond motifs is 9. The van der Waals surface area contributed by atoms with Crippen LogP contribution >= 0.6 is 0 Å². The van der Waals surface area contributed by atoms with Crippen molar-refractivity contribution in [1.82, 2.24) is 4.57 Å². The Kier molecular flexibility index (Phi) is 8.32. The van der Waals surface area contributed by atoms with Gasteiger partial charge in [0.25, 0.3) is 0 Å². The average molecular weight is 809 g/mol. The van der Waals surface area contributed by atoms with Crippen molar-refractivity contribution in [2.75, 3.05) is 5.32 Å². The van der Waals surface area contributed by atoms with Crippen molar-refractivity contribution in [3.05, 3.63) is 150 Å². The van der Waals surface area contributed by atoms with Gasteiger partial charge in [0.15, 0.2) is 7.28 Å². The Morgan fingerprint density at radius 1 is 0.581 bits per heavy atom. The van der Waals surface area contributed by atoms with E-state index in [0.717, 1.165) is 35.2 Å². The molecule has 3 nitrogen and oxygen atoms in total. The van der Waals surface area contributed by atoms with Crippen molar-refractivity contribution in [2.24, 2.45) is 0 Å². The summed E-state index contributed by atoms with van der Waals surface area (Å²) in [5, 5.41) is 8.89. The predicted molar refractivity (Wildman–Crippen MR) is 268 cm³/mol. The summed E-state index contributed by atoms with van der Waals surface area (Å²) in [4.78, 5) is 0. The SMILES string of the molecule is CC(C)(C)c1ccc(Nc2ccccc2-c2cc(-c3ccc(C(C)(C)C)cc3)c3c4cc5c(cc4n4c3c2Bc2cc3oc6ccccc6c3cc2-4)C(C)(C)CCC5(C)C)cc1. The highest BCUT2D eigenvalue weighted by atomic mass is 16.3. The molecule has 0 unspecified atom stereocenters. The van der Waals surface area contributed by atoms with E-state index in [0.29, 0.717) is 0 Å². The fourth-order valence-corrected chi connectivity index (χ4v) is 10.8. The standard InChI is InChI=1S/C58H57BN2O/c1-55(2,3)35-21-19-34(20-22-35)40-29-42(38-15-11-13-17-47(38)60-37-25-23-36(24-26-37)56(4,5)6)53-54-52(40)43-30-44-45(58(9,10)28-27-57(44,7)8)32-48(43)61(54)49-31-41-39-16-12-14-18-50(39)62-51(41)33-46(49)59-53/h11-26,29-33,59-60H,27-28H2,1-10H3. The Hall–Kier alpha value is -6.00. The Morgan fingerprint density at radius 2 is 1.21 bits per heavy atom. The molecule has 11 rings (SSSR count). The second kappa shape index (κ2) is 13.3. The van der Waals surface area contributed by atoms with Gasteiger partial charge in [0.1, 0.15) is 11.2 Å². The molecule has 1 aliphatic carbocycles. The second-order valence-corrected chi connectivity index (χ2v) is 21.8. The molecule has 62 heavy (non-hydrogen) atoms. The number of para-hydroxylation sites is 2. The van der Waals surface area contributed by atoms with Crippen LogP contribution in [0.5, 0.6) is 0 Å². The third-order valence-electron chi connectivity index (χ3n) is 14.6. The van der Waals surface area contributed by atoms with Crippen LogP contribution in [0.25, 0.3) is 71.7 Å². The van der Waals surface area contributed by atoms with E-state index in [-0.39, 0.29) is 21.7 Å². The lowest BCUT2D eigenvalue weighted by molar-refractivity contribution is 0.332. The van der Waals surface area contributed by atoms with Crippen LogP contribution in [0.4, 0.5) is 11.4 Å². The van der Waals surface area contributed by atoms with Gasteiger partial charge < -0.3 is 14.3 Å². The van der Waals surface area contributed by atoms with Gasteiger partial charge in [-0.25, -0.2) is 0 Å². The maximum atomic E-state index is 6.59. The molecular weight excluding hydrogens is 751 g/mol. The van der Waals surface area contributed by atoms with Gasteiger partial charge in [-0.05, 0) is 134 Å². The lowest BCUT2D eigenvalue weighted by atomic mass is 9.58. The average Bonchev–Trinajstić information content (AvgIpc) is 3.77. The van der Waals surface area contributed by atoms with E-state index in [1.807, 2.05) is 0 Å². The van der Waals surface area contributed by atoms with Crippen LogP contribution in [-0.2, 0) is 21.7 Å². The van der Waals surface area contributed by atoms with Crippen molar-refractivity contribution >= 4 is 73.3 Å². The number of aromatic nitrogens is 1. The van der Waals surface area contributed by atoms with Crippen molar-refractivity contribution in [3.8, 4) is 27.9 Å². The zero-order valence-corrected chi connectivity index (χ0v) is 38.1. The van der Waals surface area contributed by atoms with Crippen molar-refractivity contribution < 1.29 is 4.42 Å². The van der Waals surface area contributed by atoms with Crippen LogP contribution in [0, 0.1) is 0 Å². The first-order valence-electron chi connectivity index (χ1n) is 22.7. The zero-order valence-electron chi connectivity index (χ0n) is 38.1. The summed E-state index contributed by atoms with van der Waals surface area (Å²) in [5.41, 5.74) is 21.4. The number of hydrogen-bond donors (Lipinski definition) is 1. The molecule has 0 bridgehead atoms. The maximum Gasteiger partial charge on any atom is 0.198 e. The summed E-state index contributed by atoms with van der Waals surface area (Å²) in [6.07, 6.45) is 2.34. The number of benzene rings is 7. The fourth-order valence-electron chi connectivity index (χ4n) is 10.8. The lowest BCUT2D eigenvalue weighted by Crippen LogP contribution is -2.37. The van der Waals surface area contributed by atoms with Crippen LogP contribution in [0.15, 0.2) is 132 Å². The summed E-state index contributed by atoms with van der Waals surface area (Å²) in [7, 11) is 0.791. The van der Waals surface area contributed by atoms with Gasteiger partial charge in [0, 0.05) is 49.7 Å². The highest BCUT2D eigenvalue weighted by Crippen LogP contribution is 2.51. The monoisotopic (exact) mass is 808 g/mol. The molecule has 0 saturated carbocycles. The van der Waals surface area contributed by atoms with E-state index in [9.17, 15) is 0 Å². The van der Waals surface area contributed by atoms with Crippen molar-refractivity contribution in [3.63, 3.8) is 0 Å². The highest BCUT2D eigenvalue weighted by molar-refractivity contribution is 6.74. The summed E-state index contributed by atoms with van der Waals surface area (Å²) < 4.78 is 9.24. The summed E-state index contributed by atoms with van der Waals surface area (Å²) in [5.74, 6) is 0. The van der Waals surface area contributed by atoms with E-state index >= 15 is 0 Å². The first kappa shape index (κ1) is 38.9. The fraction of sp³-hybridized carbons (Fsp3) is 0.276. The van der Waals surface area contributed by atoms with Crippen LogP contribution in [0.2, 0.25) is 0 Å². The minimum Gasteiger partial charge on any atom is -0.456 e. The zero-order chi connectivity index (χ0) is 43.1. The Morgan fingerprint density at radius 3 is 1.90 bits per heavy atom. The van der Waals surface area contributed by atoms with Gasteiger partial charge in [-0.3, -0.25) is 0 Å². The van der Waals surface area contributed by atoms with Crippen LogP contribution < -0.4 is 16.2 Å². The largest absolute Gasteiger partial charge is 0.456 e. The molecule has 4 heteroatoms. The molecule has 7 aromatic carbocycles. The molecule has 308 valence electrons. The molecule has 0 amide bonds. The molecule has 2 aliphatic rings. The molecule has 0 spiro atoms. The van der Waals surface area contributed by atoms with Crippen LogP contribution in [-0.4, -0.2) is 11.8 Å². The Labute approximate surface area is 367 Å². The number of rotatable bonds is 4. The van der Waals surface area contributed by atoms with E-state index in [4.69, 9.17) is 4.42 Å². The quantitative estimate of drug-likeness (QED) is 0.180. The molecule has 3 heterocycles. The molecule has 0 radical (unpaired) electrons. The topological polar surface area (TPSA) is 30.1 Å². The van der Waals surface area contributed by atoms with Crippen molar-refractivity contribution in [2.45, 2.75) is 104 Å². The minimum atomic E-state index is 0.0547. The van der Waals surface area contributed by atoms with Crippen LogP contribution in [0.1, 0.15) is 104 Å². The number of nitrogens with one attached hydrogen (secondary N) is 1. The number of hydrogen-bond acceptors (Lipinski definition) is 2. The Bertz CT molecular complexity index is 3290. The van der Waals surface area contributed by atoms with Gasteiger partial charge in [0.05, 0.1) is 5.52 Å². The lowest BCUT2D eigenvalue weighted by Gasteiger charge is -2.42. The summed E-state index contributed by atoms with van der Waals surface area (Å²) in [6.45, 7) is 23.5. The molecule has 2 aromatic heterocycles. The normalized spacial score (nSPS) is 15.5. The number of nitrogens with zero attached hydrogens (tertiary/aromatic N) is 1. The molecule has 0 atom stereocenters. The summed E-state index contributed by atoms with van der Waals surface area (Å²) in [6, 6.07) is 48.3. The van der Waals surface area contributed by atoms with E-state index in [1.54, 1.807) is 0 Å². The molecular formula is C58H57BN2O. The van der Waals surface area contributed by atoms with E-state index in [2.05, 4.69) is 207 Å². The smallest absolute Gasteiger partial charge is 0.198 e.